The van der Waals surface area contributed by atoms with Gasteiger partial charge in [0.1, 0.15) is 0 Å². The second-order valence-electron chi connectivity index (χ2n) is 4.22. The van der Waals surface area contributed by atoms with Crippen molar-refractivity contribution in [2.75, 3.05) is 0 Å². The lowest BCUT2D eigenvalue weighted by Gasteiger charge is -2.00. The molecule has 3 aromatic rings. The third-order valence-corrected chi connectivity index (χ3v) is 4.20. The second-order valence-corrected chi connectivity index (χ2v) is 5.28. The first-order valence-electron chi connectivity index (χ1n) is 5.85. The molecule has 0 fully saturated rings. The summed E-state index contributed by atoms with van der Waals surface area (Å²) in [6.45, 7) is 1.64. The van der Waals surface area contributed by atoms with Gasteiger partial charge in [-0.05, 0) is 18.6 Å². The Morgan fingerprint density at radius 1 is 0.944 bits per heavy atom. The van der Waals surface area contributed by atoms with Crippen LogP contribution < -0.4 is 0 Å². The van der Waals surface area contributed by atoms with Gasteiger partial charge < -0.3 is 0 Å². The van der Waals surface area contributed by atoms with Crippen LogP contribution in [0.15, 0.2) is 54.6 Å². The highest BCUT2D eigenvalue weighted by atomic mass is 32.1. The summed E-state index contributed by atoms with van der Waals surface area (Å²) in [5, 5.41) is 1.06. The van der Waals surface area contributed by atoms with Crippen molar-refractivity contribution in [3.05, 3.63) is 60.2 Å². The smallest absolute Gasteiger partial charge is 0.161 e. The minimum absolute atomic E-state index is 0.131. The van der Waals surface area contributed by atoms with Crippen LogP contribution in [0, 0.1) is 0 Å². The lowest BCUT2D eigenvalue weighted by atomic mass is 10.0. The van der Waals surface area contributed by atoms with E-state index in [2.05, 4.69) is 18.2 Å². The van der Waals surface area contributed by atoms with Gasteiger partial charge >= 0.3 is 0 Å². The van der Waals surface area contributed by atoms with Crippen LogP contribution in [-0.4, -0.2) is 5.78 Å². The Bertz CT molecular complexity index is 710. The molecule has 18 heavy (non-hydrogen) atoms. The van der Waals surface area contributed by atoms with Crippen LogP contribution in [0.3, 0.4) is 0 Å². The summed E-state index contributed by atoms with van der Waals surface area (Å²) in [7, 11) is 0. The Morgan fingerprint density at radius 2 is 1.61 bits per heavy atom. The Morgan fingerprint density at radius 3 is 2.33 bits per heavy atom. The van der Waals surface area contributed by atoms with E-state index in [4.69, 9.17) is 0 Å². The molecule has 0 saturated heterocycles. The average Bonchev–Trinajstić information content (AvgIpc) is 2.79. The van der Waals surface area contributed by atoms with E-state index in [0.29, 0.717) is 0 Å². The number of hydrogen-bond donors (Lipinski definition) is 0. The third-order valence-electron chi connectivity index (χ3n) is 2.98. The summed E-state index contributed by atoms with van der Waals surface area (Å²) in [5.41, 5.74) is 1.96. The van der Waals surface area contributed by atoms with Crippen molar-refractivity contribution >= 4 is 27.2 Å². The summed E-state index contributed by atoms with van der Waals surface area (Å²) < 4.78 is 1.17. The van der Waals surface area contributed by atoms with E-state index >= 15 is 0 Å². The van der Waals surface area contributed by atoms with Gasteiger partial charge in [-0.25, -0.2) is 0 Å². The Kier molecular flexibility index (Phi) is 2.73. The number of carbonyl (C=O) groups is 1. The highest BCUT2D eigenvalue weighted by molar-refractivity contribution is 7.22. The van der Waals surface area contributed by atoms with Crippen molar-refractivity contribution in [2.24, 2.45) is 0 Å². The molecule has 0 saturated carbocycles. The number of hydrogen-bond acceptors (Lipinski definition) is 2. The maximum absolute atomic E-state index is 11.9. The van der Waals surface area contributed by atoms with E-state index in [1.54, 1.807) is 18.3 Å². The zero-order valence-corrected chi connectivity index (χ0v) is 10.8. The first-order chi connectivity index (χ1) is 8.77. The summed E-state index contributed by atoms with van der Waals surface area (Å²) in [6.07, 6.45) is 0. The molecule has 0 amide bonds. The molecule has 0 atom stereocenters. The normalized spacial score (nSPS) is 10.7. The van der Waals surface area contributed by atoms with Gasteiger partial charge in [0, 0.05) is 20.5 Å². The van der Waals surface area contributed by atoms with E-state index in [1.165, 1.54) is 4.70 Å². The van der Waals surface area contributed by atoms with Crippen LogP contribution in [0.1, 0.15) is 17.3 Å². The summed E-state index contributed by atoms with van der Waals surface area (Å²) in [6, 6.07) is 18.2. The van der Waals surface area contributed by atoms with Crippen molar-refractivity contribution in [2.45, 2.75) is 6.92 Å². The maximum Gasteiger partial charge on any atom is 0.161 e. The topological polar surface area (TPSA) is 17.1 Å². The van der Waals surface area contributed by atoms with E-state index in [0.717, 1.165) is 21.4 Å². The van der Waals surface area contributed by atoms with Gasteiger partial charge in [-0.3, -0.25) is 4.79 Å². The number of thiophene rings is 1. The summed E-state index contributed by atoms with van der Waals surface area (Å²) in [5.74, 6) is 0.131. The largest absolute Gasteiger partial charge is 0.294 e. The molecule has 0 aliphatic rings. The van der Waals surface area contributed by atoms with Crippen LogP contribution in [0.4, 0.5) is 0 Å². The van der Waals surface area contributed by atoms with Gasteiger partial charge in [0.25, 0.3) is 0 Å². The summed E-state index contributed by atoms with van der Waals surface area (Å²) in [4.78, 5) is 13.0. The molecule has 2 heteroatoms. The quantitative estimate of drug-likeness (QED) is 0.600. The lowest BCUT2D eigenvalue weighted by Crippen LogP contribution is -1.92. The molecular formula is C16H12OS. The second kappa shape index (κ2) is 4.39. The molecule has 1 aromatic heterocycles. The highest BCUT2D eigenvalue weighted by Gasteiger charge is 2.16. The number of Topliss-reactive ketones (excluding diaryl/α,β-unsaturated/α-hetero) is 1. The summed E-state index contributed by atoms with van der Waals surface area (Å²) >= 11 is 1.68. The molecule has 1 heterocycles. The van der Waals surface area contributed by atoms with Crippen molar-refractivity contribution in [3.63, 3.8) is 0 Å². The highest BCUT2D eigenvalue weighted by Crippen LogP contribution is 2.38. The fraction of sp³-hybridized carbons (Fsp3) is 0.0625. The maximum atomic E-state index is 11.9. The van der Waals surface area contributed by atoms with Crippen molar-refractivity contribution < 1.29 is 4.79 Å². The predicted octanol–water partition coefficient (Wildman–Crippen LogP) is 4.77. The van der Waals surface area contributed by atoms with Gasteiger partial charge in [0.15, 0.2) is 5.78 Å². The molecule has 0 aliphatic carbocycles. The van der Waals surface area contributed by atoms with Gasteiger partial charge in [-0.2, -0.15) is 0 Å². The Hall–Kier alpha value is -1.93. The van der Waals surface area contributed by atoms with E-state index < -0.39 is 0 Å². The minimum Gasteiger partial charge on any atom is -0.294 e. The predicted molar refractivity (Wildman–Crippen MR) is 77.3 cm³/mol. The molecule has 0 N–H and O–H groups in total. The van der Waals surface area contributed by atoms with Crippen LogP contribution >= 0.6 is 11.3 Å². The zero-order valence-electron chi connectivity index (χ0n) is 10.0. The number of fused-ring (bicyclic) bond motifs is 1. The van der Waals surface area contributed by atoms with Gasteiger partial charge in [-0.15, -0.1) is 11.3 Å². The minimum atomic E-state index is 0.131. The average molecular weight is 252 g/mol. The van der Waals surface area contributed by atoms with Crippen molar-refractivity contribution in [1.82, 2.24) is 0 Å². The lowest BCUT2D eigenvalue weighted by molar-refractivity contribution is 0.102. The van der Waals surface area contributed by atoms with Crippen LogP contribution in [-0.2, 0) is 0 Å². The number of benzene rings is 2. The Labute approximate surface area is 110 Å². The zero-order chi connectivity index (χ0) is 12.5. The van der Waals surface area contributed by atoms with Crippen LogP contribution in [0.5, 0.6) is 0 Å². The molecule has 2 aromatic carbocycles. The van der Waals surface area contributed by atoms with E-state index in [9.17, 15) is 4.79 Å². The number of rotatable bonds is 2. The van der Waals surface area contributed by atoms with Crippen molar-refractivity contribution in [1.29, 1.82) is 0 Å². The third kappa shape index (κ3) is 1.75. The molecule has 0 spiro atoms. The van der Waals surface area contributed by atoms with E-state index in [1.807, 2.05) is 36.4 Å². The first-order valence-corrected chi connectivity index (χ1v) is 6.67. The standard InChI is InChI=1S/C16H12OS/c1-11(17)15-13-9-5-6-10-14(13)18-16(15)12-7-3-2-4-8-12/h2-10H,1H3. The van der Waals surface area contributed by atoms with Crippen LogP contribution in [0.25, 0.3) is 20.5 Å². The molecule has 0 unspecified atom stereocenters. The monoisotopic (exact) mass is 252 g/mol. The molecule has 0 bridgehead atoms. The van der Waals surface area contributed by atoms with Crippen molar-refractivity contribution in [3.8, 4) is 10.4 Å². The van der Waals surface area contributed by atoms with Crippen LogP contribution in [0.2, 0.25) is 0 Å². The fourth-order valence-corrected chi connectivity index (χ4v) is 3.44. The Balaban J connectivity index is 2.36. The molecular weight excluding hydrogens is 240 g/mol. The number of carbonyl (C=O) groups excluding carboxylic acids is 1. The fourth-order valence-electron chi connectivity index (χ4n) is 2.19. The number of ketones is 1. The molecule has 88 valence electrons. The molecule has 3 rings (SSSR count). The first kappa shape index (κ1) is 11.2. The SMILES string of the molecule is CC(=O)c1c(-c2ccccc2)sc2ccccc12. The van der Waals surface area contributed by atoms with Gasteiger partial charge in [0.2, 0.25) is 0 Å². The molecule has 0 radical (unpaired) electrons. The van der Waals surface area contributed by atoms with Gasteiger partial charge in [-0.1, -0.05) is 48.5 Å². The van der Waals surface area contributed by atoms with E-state index in [-0.39, 0.29) is 5.78 Å². The molecule has 1 nitrogen and oxygen atoms in total. The van der Waals surface area contributed by atoms with Gasteiger partial charge in [0.05, 0.1) is 0 Å². The molecule has 0 aliphatic heterocycles.